The molecule has 1 unspecified atom stereocenters. The maximum Gasteiger partial charge on any atom is 0.336 e. The van der Waals surface area contributed by atoms with Crippen molar-refractivity contribution in [2.75, 3.05) is 0 Å². The summed E-state index contributed by atoms with van der Waals surface area (Å²) in [5.41, 5.74) is 0.466. The SMILES string of the molecule is CC(=O)NC(CC(=O)OCc1cc(=O)oc2cc(Br)ccc12)c1cccs1. The molecule has 0 fully saturated rings. The number of rotatable bonds is 6. The maximum absolute atomic E-state index is 12.3. The van der Waals surface area contributed by atoms with Gasteiger partial charge >= 0.3 is 11.6 Å². The average molecular weight is 450 g/mol. The van der Waals surface area contributed by atoms with Crippen molar-refractivity contribution in [2.45, 2.75) is 26.0 Å². The van der Waals surface area contributed by atoms with Crippen LogP contribution >= 0.6 is 27.3 Å². The molecule has 3 aromatic rings. The number of benzene rings is 1. The minimum Gasteiger partial charge on any atom is -0.461 e. The number of carbonyl (C=O) groups is 2. The first-order chi connectivity index (χ1) is 12.9. The topological polar surface area (TPSA) is 85.6 Å². The van der Waals surface area contributed by atoms with E-state index in [0.717, 1.165) is 9.35 Å². The number of carbonyl (C=O) groups excluding carboxylic acids is 2. The van der Waals surface area contributed by atoms with Crippen LogP contribution in [0.25, 0.3) is 11.0 Å². The highest BCUT2D eigenvalue weighted by molar-refractivity contribution is 9.10. The van der Waals surface area contributed by atoms with Gasteiger partial charge in [0.1, 0.15) is 12.2 Å². The van der Waals surface area contributed by atoms with Crippen molar-refractivity contribution in [3.05, 3.63) is 67.1 Å². The highest BCUT2D eigenvalue weighted by Crippen LogP contribution is 2.24. The van der Waals surface area contributed by atoms with E-state index < -0.39 is 17.6 Å². The molecule has 0 radical (unpaired) electrons. The van der Waals surface area contributed by atoms with Crippen LogP contribution in [-0.4, -0.2) is 11.9 Å². The molecule has 0 aliphatic rings. The molecule has 0 saturated carbocycles. The Morgan fingerprint density at radius 1 is 1.30 bits per heavy atom. The summed E-state index contributed by atoms with van der Waals surface area (Å²) in [7, 11) is 0. The molecule has 0 saturated heterocycles. The van der Waals surface area contributed by atoms with E-state index in [0.29, 0.717) is 16.5 Å². The predicted molar refractivity (Wildman–Crippen MR) is 105 cm³/mol. The number of esters is 1. The van der Waals surface area contributed by atoms with E-state index in [1.165, 1.54) is 24.3 Å². The predicted octanol–water partition coefficient (Wildman–Crippen LogP) is 3.93. The van der Waals surface area contributed by atoms with Crippen LogP contribution in [0.4, 0.5) is 0 Å². The lowest BCUT2D eigenvalue weighted by molar-refractivity contribution is -0.145. The van der Waals surface area contributed by atoms with Crippen LogP contribution in [0.15, 0.2) is 55.5 Å². The Bertz CT molecular complexity index is 1030. The molecule has 1 N–H and O–H groups in total. The Morgan fingerprint density at radius 3 is 2.81 bits per heavy atom. The summed E-state index contributed by atoms with van der Waals surface area (Å²) in [6.07, 6.45) is 0.00497. The van der Waals surface area contributed by atoms with Gasteiger partial charge in [0, 0.05) is 33.3 Å². The van der Waals surface area contributed by atoms with Crippen molar-refractivity contribution in [3.8, 4) is 0 Å². The summed E-state index contributed by atoms with van der Waals surface area (Å²) in [4.78, 5) is 36.3. The summed E-state index contributed by atoms with van der Waals surface area (Å²) in [6, 6.07) is 9.87. The molecule has 27 heavy (non-hydrogen) atoms. The van der Waals surface area contributed by atoms with Gasteiger partial charge in [0.05, 0.1) is 12.5 Å². The Labute approximate surface area is 167 Å². The van der Waals surface area contributed by atoms with Gasteiger partial charge in [-0.05, 0) is 29.6 Å². The van der Waals surface area contributed by atoms with Gasteiger partial charge in [0.2, 0.25) is 5.91 Å². The van der Waals surface area contributed by atoms with Crippen LogP contribution in [0.2, 0.25) is 0 Å². The third-order valence-corrected chi connectivity index (χ3v) is 5.30. The van der Waals surface area contributed by atoms with Crippen LogP contribution < -0.4 is 10.9 Å². The van der Waals surface area contributed by atoms with Gasteiger partial charge in [0.15, 0.2) is 0 Å². The molecule has 1 atom stereocenters. The van der Waals surface area contributed by atoms with Crippen LogP contribution in [0.1, 0.15) is 29.8 Å². The van der Waals surface area contributed by atoms with Crippen LogP contribution in [0, 0.1) is 0 Å². The van der Waals surface area contributed by atoms with E-state index in [-0.39, 0.29) is 18.9 Å². The molecule has 1 amide bonds. The third-order valence-electron chi connectivity index (χ3n) is 3.82. The van der Waals surface area contributed by atoms with Crippen molar-refractivity contribution < 1.29 is 18.7 Å². The van der Waals surface area contributed by atoms with E-state index in [4.69, 9.17) is 9.15 Å². The highest BCUT2D eigenvalue weighted by atomic mass is 79.9. The number of ether oxygens (including phenoxy) is 1. The molecule has 8 heteroatoms. The highest BCUT2D eigenvalue weighted by Gasteiger charge is 2.19. The molecule has 2 aromatic heterocycles. The van der Waals surface area contributed by atoms with Crippen LogP contribution in [-0.2, 0) is 20.9 Å². The van der Waals surface area contributed by atoms with Crippen molar-refractivity contribution in [2.24, 2.45) is 0 Å². The molecular weight excluding hydrogens is 434 g/mol. The molecule has 3 rings (SSSR count). The first-order valence-corrected chi connectivity index (χ1v) is 9.78. The molecule has 0 aliphatic carbocycles. The Kier molecular flexibility index (Phi) is 6.08. The number of hydrogen-bond donors (Lipinski definition) is 1. The number of nitrogens with one attached hydrogen (secondary N) is 1. The zero-order valence-corrected chi connectivity index (χ0v) is 16.8. The van der Waals surface area contributed by atoms with Gasteiger partial charge in [-0.1, -0.05) is 22.0 Å². The molecule has 0 spiro atoms. The number of hydrogen-bond acceptors (Lipinski definition) is 6. The van der Waals surface area contributed by atoms with Crippen LogP contribution in [0.5, 0.6) is 0 Å². The van der Waals surface area contributed by atoms with Crippen molar-refractivity contribution in [3.63, 3.8) is 0 Å². The summed E-state index contributed by atoms with van der Waals surface area (Å²) >= 11 is 4.78. The van der Waals surface area contributed by atoms with E-state index in [2.05, 4.69) is 21.2 Å². The standard InChI is InChI=1S/C19H16BrNO5S/c1-11(22)21-15(17-3-2-6-27-17)9-18(23)25-10-12-7-19(24)26-16-8-13(20)4-5-14(12)16/h2-8,15H,9-10H2,1H3,(H,21,22). The van der Waals surface area contributed by atoms with Crippen molar-refractivity contribution >= 4 is 50.1 Å². The van der Waals surface area contributed by atoms with E-state index in [1.807, 2.05) is 23.6 Å². The Morgan fingerprint density at radius 2 is 2.11 bits per heavy atom. The Balaban J connectivity index is 1.72. The van der Waals surface area contributed by atoms with Crippen LogP contribution in [0.3, 0.4) is 0 Å². The third kappa shape index (κ3) is 5.05. The molecule has 140 valence electrons. The monoisotopic (exact) mass is 449 g/mol. The fourth-order valence-corrected chi connectivity index (χ4v) is 3.78. The van der Waals surface area contributed by atoms with Gasteiger partial charge in [-0.15, -0.1) is 11.3 Å². The molecule has 0 aliphatic heterocycles. The van der Waals surface area contributed by atoms with Gasteiger partial charge in [-0.25, -0.2) is 4.79 Å². The number of thiophene rings is 1. The first-order valence-electron chi connectivity index (χ1n) is 8.11. The fourth-order valence-electron chi connectivity index (χ4n) is 2.66. The maximum atomic E-state index is 12.3. The molecular formula is C19H16BrNO5S. The van der Waals surface area contributed by atoms with E-state index >= 15 is 0 Å². The minimum absolute atomic E-state index is 0.00497. The normalized spacial score (nSPS) is 11.9. The summed E-state index contributed by atoms with van der Waals surface area (Å²) < 4.78 is 11.3. The van der Waals surface area contributed by atoms with E-state index in [1.54, 1.807) is 12.1 Å². The average Bonchev–Trinajstić information content (AvgIpc) is 3.12. The second kappa shape index (κ2) is 8.49. The summed E-state index contributed by atoms with van der Waals surface area (Å²) in [6.45, 7) is 1.35. The first kappa shape index (κ1) is 19.3. The van der Waals surface area contributed by atoms with Crippen molar-refractivity contribution in [1.29, 1.82) is 0 Å². The van der Waals surface area contributed by atoms with Crippen molar-refractivity contribution in [1.82, 2.24) is 5.32 Å². The molecule has 6 nitrogen and oxygen atoms in total. The van der Waals surface area contributed by atoms with Gasteiger partial charge in [-0.3, -0.25) is 9.59 Å². The number of fused-ring (bicyclic) bond motifs is 1. The summed E-state index contributed by atoms with van der Waals surface area (Å²) in [5.74, 6) is -0.695. The minimum atomic E-state index is -0.513. The molecule has 0 bridgehead atoms. The lowest BCUT2D eigenvalue weighted by Gasteiger charge is -2.16. The van der Waals surface area contributed by atoms with E-state index in [9.17, 15) is 14.4 Å². The lowest BCUT2D eigenvalue weighted by atomic mass is 10.1. The van der Waals surface area contributed by atoms with Gasteiger partial charge in [-0.2, -0.15) is 0 Å². The quantitative estimate of drug-likeness (QED) is 0.455. The zero-order valence-electron chi connectivity index (χ0n) is 14.4. The Hall–Kier alpha value is -2.45. The fraction of sp³-hybridized carbons (Fsp3) is 0.211. The lowest BCUT2D eigenvalue weighted by Crippen LogP contribution is -2.28. The van der Waals surface area contributed by atoms with Gasteiger partial charge in [0.25, 0.3) is 0 Å². The molecule has 2 heterocycles. The summed E-state index contributed by atoms with van der Waals surface area (Å²) in [5, 5.41) is 5.33. The number of amides is 1. The number of halogens is 1. The van der Waals surface area contributed by atoms with Gasteiger partial charge < -0.3 is 14.5 Å². The smallest absolute Gasteiger partial charge is 0.336 e. The second-order valence-electron chi connectivity index (χ2n) is 5.86. The molecule has 1 aromatic carbocycles. The second-order valence-corrected chi connectivity index (χ2v) is 7.76. The zero-order chi connectivity index (χ0) is 19.4. The largest absolute Gasteiger partial charge is 0.461 e.